The quantitative estimate of drug-likeness (QED) is 0.123. The Morgan fingerprint density at radius 1 is 1.06 bits per heavy atom. The van der Waals surface area contributed by atoms with Gasteiger partial charge in [-0.15, -0.1) is 0 Å². The van der Waals surface area contributed by atoms with Crippen molar-refractivity contribution in [2.24, 2.45) is 0 Å². The number of hydrogen-bond acceptors (Lipinski definition) is 10. The van der Waals surface area contributed by atoms with Crippen molar-refractivity contribution in [2.75, 3.05) is 37.7 Å². The summed E-state index contributed by atoms with van der Waals surface area (Å²) in [6.07, 6.45) is 2.93. The smallest absolute Gasteiger partial charge is 0.363 e. The number of para-hydroxylation sites is 1. The first-order valence-electron chi connectivity index (χ1n) is 14.4. The maximum atomic E-state index is 15.4. The Hall–Kier alpha value is -2.26. The second-order valence-corrected chi connectivity index (χ2v) is 14.2. The predicted molar refractivity (Wildman–Crippen MR) is 185 cm³/mol. The number of halogens is 1. The summed E-state index contributed by atoms with van der Waals surface area (Å²) in [5.74, 6) is -3.36. The monoisotopic (exact) mass is 751 g/mol. The number of thiocarbonyl (C=S) groups is 1. The molecule has 3 aliphatic rings. The van der Waals surface area contributed by atoms with Gasteiger partial charge in [-0.25, -0.2) is 9.18 Å². The summed E-state index contributed by atoms with van der Waals surface area (Å²) < 4.78 is 56.5. The first-order chi connectivity index (χ1) is 22.3. The fourth-order valence-electron chi connectivity index (χ4n) is 5.53. The van der Waals surface area contributed by atoms with E-state index in [9.17, 15) is 37.3 Å². The number of nitrogens with one attached hydrogen (secondary N) is 1. The fraction of sp³-hybridized carbons (Fsp3) is 0.345. The van der Waals surface area contributed by atoms with Crippen molar-refractivity contribution in [3.63, 3.8) is 0 Å². The normalized spacial score (nSPS) is 19.0. The maximum absolute atomic E-state index is 15.4. The average molecular weight is 752 g/mol. The summed E-state index contributed by atoms with van der Waals surface area (Å²) in [7, 11) is -4.95. The second kappa shape index (κ2) is 16.0. The molecule has 250 valence electrons. The molecule has 3 aromatic rings. The number of benzene rings is 2. The van der Waals surface area contributed by atoms with Crippen LogP contribution >= 0.6 is 24.0 Å². The number of β-lactam (4-membered cyclic amide) rings is 1. The number of hydrogen-bond donors (Lipinski definition) is 3. The molecule has 3 heterocycles. The molecule has 1 saturated carbocycles. The molecule has 2 saturated heterocycles. The topological polar surface area (TPSA) is 179 Å². The molecule has 2 amide bonds. The number of amides is 2. The molecule has 14 nitrogen and oxygen atoms in total. The van der Waals surface area contributed by atoms with Crippen LogP contribution in [-0.4, -0.2) is 157 Å². The number of rotatable bonds is 9. The van der Waals surface area contributed by atoms with Crippen molar-refractivity contribution in [3.8, 4) is 5.75 Å². The first kappa shape index (κ1) is 39.5. The van der Waals surface area contributed by atoms with Crippen molar-refractivity contribution in [2.45, 2.75) is 30.3 Å². The molecule has 2 atom stereocenters. The first-order valence-corrected chi connectivity index (χ1v) is 17.1. The zero-order valence-electron chi connectivity index (χ0n) is 26.4. The van der Waals surface area contributed by atoms with E-state index in [4.69, 9.17) is 17.0 Å². The molecule has 2 aliphatic heterocycles. The van der Waals surface area contributed by atoms with Crippen LogP contribution in [0.25, 0.3) is 10.9 Å². The molecule has 3 N–H and O–H groups in total. The fourth-order valence-corrected chi connectivity index (χ4v) is 8.25. The maximum Gasteiger partial charge on any atom is 0.363 e. The zero-order valence-corrected chi connectivity index (χ0v) is 32.9. The minimum absolute atomic E-state index is 0. The van der Waals surface area contributed by atoms with Gasteiger partial charge in [-0.3, -0.25) is 18.9 Å². The van der Waals surface area contributed by atoms with E-state index in [2.05, 4.69) is 5.32 Å². The van der Waals surface area contributed by atoms with Crippen LogP contribution in [0.4, 0.5) is 10.1 Å². The number of carboxylic acids is 1. The number of pyridine rings is 1. The predicted octanol–water partition coefficient (Wildman–Crippen LogP) is 1.09. The number of carboxylic acid groups (broad SMARTS) is 1. The Bertz CT molecular complexity index is 1960. The molecule has 1 aliphatic carbocycles. The van der Waals surface area contributed by atoms with Gasteiger partial charge in [0, 0.05) is 103 Å². The Morgan fingerprint density at radius 3 is 2.31 bits per heavy atom. The number of carbonyl (C=O) groups is 3. The number of piperazine rings is 1. The number of ether oxygens (including phenoxy) is 1. The van der Waals surface area contributed by atoms with E-state index in [1.807, 2.05) is 0 Å². The summed E-state index contributed by atoms with van der Waals surface area (Å²) in [6.45, 7) is 0.696. The van der Waals surface area contributed by atoms with Crippen LogP contribution in [0.1, 0.15) is 29.2 Å². The van der Waals surface area contributed by atoms with Gasteiger partial charge in [-0.2, -0.15) is 12.7 Å². The molecule has 20 heteroatoms. The number of aromatic nitrogens is 1. The van der Waals surface area contributed by atoms with Gasteiger partial charge in [0.25, 0.3) is 11.8 Å². The van der Waals surface area contributed by atoms with Crippen LogP contribution in [0.15, 0.2) is 53.5 Å². The van der Waals surface area contributed by atoms with Crippen molar-refractivity contribution in [3.05, 3.63) is 70.3 Å². The minimum atomic E-state index is -4.95. The molecule has 0 bridgehead atoms. The molecule has 3 fully saturated rings. The summed E-state index contributed by atoms with van der Waals surface area (Å²) in [4.78, 5) is 53.1. The van der Waals surface area contributed by atoms with Crippen molar-refractivity contribution in [1.29, 1.82) is 0 Å². The molecular weight excluding hydrogens is 724 g/mol. The van der Waals surface area contributed by atoms with Gasteiger partial charge < -0.3 is 29.5 Å². The summed E-state index contributed by atoms with van der Waals surface area (Å²) in [5, 5.41) is 10.7. The van der Waals surface area contributed by atoms with Crippen LogP contribution in [0.5, 0.6) is 5.75 Å². The molecule has 1 unspecified atom stereocenters. The molecule has 49 heavy (non-hydrogen) atoms. The number of nitrogens with zero attached hydrogens (tertiary/aromatic N) is 4. The molecule has 6 rings (SSSR count). The van der Waals surface area contributed by atoms with E-state index >= 15 is 4.39 Å². The molecule has 2 radical (unpaired) electrons. The van der Waals surface area contributed by atoms with Crippen LogP contribution < -0.4 is 20.4 Å². The van der Waals surface area contributed by atoms with Gasteiger partial charge >= 0.3 is 16.3 Å². The number of aromatic carboxylic acids is 1. The Kier molecular flexibility index (Phi) is 12.9. The van der Waals surface area contributed by atoms with E-state index in [-0.39, 0.29) is 111 Å². The average Bonchev–Trinajstić information content (AvgIpc) is 3.88. The van der Waals surface area contributed by atoms with Crippen molar-refractivity contribution in [1.82, 2.24) is 19.1 Å². The number of carbonyl (C=O) groups excluding carboxylic acids is 2. The largest absolute Gasteiger partial charge is 0.484 e. The minimum Gasteiger partial charge on any atom is -0.484 e. The van der Waals surface area contributed by atoms with Gasteiger partial charge in [-0.1, -0.05) is 42.2 Å². The van der Waals surface area contributed by atoms with Gasteiger partial charge in [0.1, 0.15) is 32.9 Å². The van der Waals surface area contributed by atoms with Crippen LogP contribution in [-0.2, 0) is 19.9 Å². The SMILES string of the molecule is O=C(COc1ccccc1)N[C@H]1C(=O)N(S(=O)(=O)O)C1SC(=S)N1CCN(c2cc3c(cc2F)c(=O)c(C(=O)O)cn3C2CC2)CC1.[Na].[Na]. The zero-order chi connectivity index (χ0) is 33.6. The number of anilines is 1. The van der Waals surface area contributed by atoms with E-state index in [0.717, 1.165) is 30.7 Å². The molecule has 0 spiro atoms. The molecule has 2 aromatic carbocycles. The summed E-state index contributed by atoms with van der Waals surface area (Å²) in [5.41, 5.74) is -0.502. The number of fused-ring (bicyclic) bond motifs is 1. The van der Waals surface area contributed by atoms with Crippen LogP contribution in [0.2, 0.25) is 0 Å². The van der Waals surface area contributed by atoms with Gasteiger partial charge in [-0.05, 0) is 37.1 Å². The Labute approximate surface area is 333 Å². The summed E-state index contributed by atoms with van der Waals surface area (Å²) in [6, 6.07) is 9.81. The van der Waals surface area contributed by atoms with E-state index < -0.39 is 62.9 Å². The third-order valence-corrected chi connectivity index (χ3v) is 10.8. The van der Waals surface area contributed by atoms with Gasteiger partial charge in [0.15, 0.2) is 6.61 Å². The van der Waals surface area contributed by atoms with Gasteiger partial charge in [0.2, 0.25) is 5.43 Å². The van der Waals surface area contributed by atoms with Crippen LogP contribution in [0.3, 0.4) is 0 Å². The van der Waals surface area contributed by atoms with Crippen molar-refractivity contribution < 1.29 is 41.6 Å². The third kappa shape index (κ3) is 8.45. The Balaban J connectivity index is 0.00000270. The summed E-state index contributed by atoms with van der Waals surface area (Å²) >= 11 is 6.35. The van der Waals surface area contributed by atoms with Crippen molar-refractivity contribution >= 4 is 132 Å². The Morgan fingerprint density at radius 2 is 1.71 bits per heavy atom. The molecule has 1 aromatic heterocycles. The second-order valence-electron chi connectivity index (χ2n) is 11.1. The van der Waals surface area contributed by atoms with Crippen LogP contribution in [0, 0.1) is 5.82 Å². The van der Waals surface area contributed by atoms with E-state index in [0.29, 0.717) is 11.3 Å². The molecular formula is C29H28FN5Na2O9S3. The van der Waals surface area contributed by atoms with Gasteiger partial charge in [0.05, 0.1) is 11.2 Å². The standard InChI is InChI=1S/C29H28FN5O9S3.2Na/c30-20-12-18-21(34(16-6-7-16)14-19(25(18)37)28(39)40)13-22(20)32-8-10-33(11-9-32)29(45)46-27-24(26(38)35(27)47(41,42)43)31-23(36)15-44-17-4-2-1-3-5-17;;/h1-5,12-14,16,24,27H,6-11,15H2,(H,31,36)(H,39,40)(H,41,42,43);;/t24-,27?;;/m0../s1. The van der Waals surface area contributed by atoms with E-state index in [1.165, 1.54) is 6.20 Å². The van der Waals surface area contributed by atoms with E-state index in [1.54, 1.807) is 50.8 Å². The number of thioether (sulfide) groups is 1. The third-order valence-electron chi connectivity index (χ3n) is 8.05.